The van der Waals surface area contributed by atoms with Crippen molar-refractivity contribution in [2.75, 3.05) is 39.8 Å². The summed E-state index contributed by atoms with van der Waals surface area (Å²) in [4.78, 5) is 9.15. The molecule has 1 fully saturated rings. The second-order valence-electron chi connectivity index (χ2n) is 7.50. The van der Waals surface area contributed by atoms with Gasteiger partial charge < -0.3 is 19.5 Å². The van der Waals surface area contributed by atoms with Crippen LogP contribution in [-0.4, -0.2) is 60.7 Å². The Morgan fingerprint density at radius 1 is 1.18 bits per heavy atom. The monoisotopic (exact) mass is 385 g/mol. The molecule has 2 heterocycles. The van der Waals surface area contributed by atoms with E-state index in [2.05, 4.69) is 51.2 Å². The molecule has 0 saturated carbocycles. The van der Waals surface area contributed by atoms with Crippen molar-refractivity contribution in [2.45, 2.75) is 26.9 Å². The Morgan fingerprint density at radius 3 is 2.54 bits per heavy atom. The van der Waals surface area contributed by atoms with Gasteiger partial charge in [-0.15, -0.1) is 0 Å². The van der Waals surface area contributed by atoms with Crippen LogP contribution in [0.4, 0.5) is 0 Å². The number of rotatable bonds is 7. The molecule has 28 heavy (non-hydrogen) atoms. The lowest BCUT2D eigenvalue weighted by atomic mass is 10.2. The highest BCUT2D eigenvalue weighted by Gasteiger charge is 2.20. The van der Waals surface area contributed by atoms with Crippen LogP contribution in [0.15, 0.2) is 46.1 Å². The standard InChI is InChI=1S/C21H31N5O2/c1-17(2)16-27-20-6-4-18(5-7-20)14-23-21(22-3)26-11-9-25(10-12-26)15-19-8-13-28-24-19/h4-8,13,17H,9-12,14-16H2,1-3H3,(H,22,23). The number of nitrogens with zero attached hydrogens (tertiary/aromatic N) is 4. The molecular formula is C21H31N5O2. The molecule has 7 heteroatoms. The largest absolute Gasteiger partial charge is 0.493 e. The maximum absolute atomic E-state index is 5.74. The zero-order chi connectivity index (χ0) is 19.8. The highest BCUT2D eigenvalue weighted by atomic mass is 16.5. The average Bonchev–Trinajstić information content (AvgIpc) is 3.22. The smallest absolute Gasteiger partial charge is 0.194 e. The van der Waals surface area contributed by atoms with Gasteiger partial charge in [-0.25, -0.2) is 0 Å². The first-order chi connectivity index (χ1) is 13.6. The molecule has 0 amide bonds. The maximum Gasteiger partial charge on any atom is 0.194 e. The van der Waals surface area contributed by atoms with E-state index < -0.39 is 0 Å². The molecule has 1 aromatic carbocycles. The fourth-order valence-electron chi connectivity index (χ4n) is 3.15. The van der Waals surface area contributed by atoms with Crippen LogP contribution in [0.3, 0.4) is 0 Å². The molecule has 2 aromatic rings. The average molecular weight is 386 g/mol. The van der Waals surface area contributed by atoms with Crippen molar-refractivity contribution in [3.8, 4) is 5.75 Å². The normalized spacial score (nSPS) is 15.9. The van der Waals surface area contributed by atoms with E-state index in [4.69, 9.17) is 9.26 Å². The maximum atomic E-state index is 5.74. The predicted molar refractivity (Wildman–Crippen MR) is 110 cm³/mol. The number of nitrogens with one attached hydrogen (secondary N) is 1. The third-order valence-electron chi connectivity index (χ3n) is 4.72. The SMILES string of the molecule is CN=C(NCc1ccc(OCC(C)C)cc1)N1CCN(Cc2ccon2)CC1. The number of ether oxygens (including phenoxy) is 1. The highest BCUT2D eigenvalue weighted by Crippen LogP contribution is 2.13. The minimum absolute atomic E-state index is 0.529. The van der Waals surface area contributed by atoms with E-state index in [1.807, 2.05) is 25.2 Å². The summed E-state index contributed by atoms with van der Waals surface area (Å²) < 4.78 is 10.7. The van der Waals surface area contributed by atoms with Crippen LogP contribution in [-0.2, 0) is 13.1 Å². The molecule has 0 aliphatic carbocycles. The quantitative estimate of drug-likeness (QED) is 0.584. The highest BCUT2D eigenvalue weighted by molar-refractivity contribution is 5.80. The van der Waals surface area contributed by atoms with Gasteiger partial charge in [-0.2, -0.15) is 0 Å². The minimum Gasteiger partial charge on any atom is -0.493 e. The summed E-state index contributed by atoms with van der Waals surface area (Å²) in [5.41, 5.74) is 2.19. The van der Waals surface area contributed by atoms with Gasteiger partial charge >= 0.3 is 0 Å². The van der Waals surface area contributed by atoms with E-state index in [-0.39, 0.29) is 0 Å². The molecule has 1 N–H and O–H groups in total. The fourth-order valence-corrected chi connectivity index (χ4v) is 3.15. The van der Waals surface area contributed by atoms with Gasteiger partial charge in [0, 0.05) is 52.4 Å². The molecule has 0 spiro atoms. The van der Waals surface area contributed by atoms with Gasteiger partial charge in [0.2, 0.25) is 0 Å². The Labute approximate surface area is 167 Å². The topological polar surface area (TPSA) is 66.1 Å². The van der Waals surface area contributed by atoms with Crippen molar-refractivity contribution >= 4 is 5.96 Å². The number of guanidine groups is 1. The van der Waals surface area contributed by atoms with Gasteiger partial charge in [0.1, 0.15) is 12.0 Å². The number of aromatic nitrogens is 1. The number of hydrogen-bond acceptors (Lipinski definition) is 5. The summed E-state index contributed by atoms with van der Waals surface area (Å²) >= 11 is 0. The Kier molecular flexibility index (Phi) is 7.31. The Balaban J connectivity index is 1.43. The van der Waals surface area contributed by atoms with Crippen molar-refractivity contribution in [2.24, 2.45) is 10.9 Å². The fraction of sp³-hybridized carbons (Fsp3) is 0.524. The molecule has 1 saturated heterocycles. The molecule has 0 bridgehead atoms. The lowest BCUT2D eigenvalue weighted by Crippen LogP contribution is -2.52. The molecule has 0 unspecified atom stereocenters. The second kappa shape index (κ2) is 10.1. The van der Waals surface area contributed by atoms with Crippen molar-refractivity contribution in [1.82, 2.24) is 20.3 Å². The van der Waals surface area contributed by atoms with Crippen molar-refractivity contribution in [1.29, 1.82) is 0 Å². The van der Waals surface area contributed by atoms with Gasteiger partial charge in [-0.3, -0.25) is 9.89 Å². The Morgan fingerprint density at radius 2 is 1.93 bits per heavy atom. The van der Waals surface area contributed by atoms with E-state index in [0.717, 1.165) is 63.3 Å². The summed E-state index contributed by atoms with van der Waals surface area (Å²) in [6.07, 6.45) is 1.63. The predicted octanol–water partition coefficient (Wildman–Crippen LogP) is 2.60. The van der Waals surface area contributed by atoms with Crippen LogP contribution in [0.2, 0.25) is 0 Å². The third-order valence-corrected chi connectivity index (χ3v) is 4.72. The molecular weight excluding hydrogens is 354 g/mol. The number of hydrogen-bond donors (Lipinski definition) is 1. The molecule has 1 aliphatic heterocycles. The summed E-state index contributed by atoms with van der Waals surface area (Å²) in [7, 11) is 1.84. The molecule has 3 rings (SSSR count). The van der Waals surface area contributed by atoms with E-state index in [0.29, 0.717) is 5.92 Å². The number of piperazine rings is 1. The van der Waals surface area contributed by atoms with Crippen LogP contribution in [0, 0.1) is 5.92 Å². The first-order valence-corrected chi connectivity index (χ1v) is 9.93. The van der Waals surface area contributed by atoms with Gasteiger partial charge in [0.25, 0.3) is 0 Å². The Bertz CT molecular complexity index is 720. The van der Waals surface area contributed by atoms with Crippen LogP contribution in [0.5, 0.6) is 5.75 Å². The van der Waals surface area contributed by atoms with Crippen LogP contribution < -0.4 is 10.1 Å². The summed E-state index contributed by atoms with van der Waals surface area (Å²) in [5, 5.41) is 7.47. The molecule has 1 aromatic heterocycles. The van der Waals surface area contributed by atoms with Gasteiger partial charge in [-0.1, -0.05) is 31.1 Å². The number of aliphatic imine (C=N–C) groups is 1. The van der Waals surface area contributed by atoms with Crippen LogP contribution in [0.25, 0.3) is 0 Å². The molecule has 0 atom stereocenters. The van der Waals surface area contributed by atoms with Gasteiger partial charge in [0.15, 0.2) is 5.96 Å². The van der Waals surface area contributed by atoms with E-state index >= 15 is 0 Å². The third kappa shape index (κ3) is 5.99. The summed E-state index contributed by atoms with van der Waals surface area (Å²) in [6.45, 7) is 10.5. The van der Waals surface area contributed by atoms with Crippen molar-refractivity contribution in [3.63, 3.8) is 0 Å². The summed E-state index contributed by atoms with van der Waals surface area (Å²) in [5.74, 6) is 2.40. The first kappa shape index (κ1) is 20.2. The molecule has 0 radical (unpaired) electrons. The Hall–Kier alpha value is -2.54. The van der Waals surface area contributed by atoms with E-state index in [1.54, 1.807) is 6.26 Å². The van der Waals surface area contributed by atoms with Crippen molar-refractivity contribution in [3.05, 3.63) is 47.9 Å². The van der Waals surface area contributed by atoms with E-state index in [9.17, 15) is 0 Å². The summed E-state index contributed by atoms with van der Waals surface area (Å²) in [6, 6.07) is 10.2. The van der Waals surface area contributed by atoms with Gasteiger partial charge in [-0.05, 0) is 23.6 Å². The molecule has 152 valence electrons. The minimum atomic E-state index is 0.529. The zero-order valence-electron chi connectivity index (χ0n) is 17.1. The zero-order valence-corrected chi connectivity index (χ0v) is 17.1. The van der Waals surface area contributed by atoms with Crippen molar-refractivity contribution < 1.29 is 9.26 Å². The van der Waals surface area contributed by atoms with Gasteiger partial charge in [0.05, 0.1) is 12.3 Å². The molecule has 7 nitrogen and oxygen atoms in total. The van der Waals surface area contributed by atoms with E-state index in [1.165, 1.54) is 5.56 Å². The lowest BCUT2D eigenvalue weighted by molar-refractivity contribution is 0.169. The second-order valence-corrected chi connectivity index (χ2v) is 7.50. The first-order valence-electron chi connectivity index (χ1n) is 9.93. The van der Waals surface area contributed by atoms with Crippen LogP contribution >= 0.6 is 0 Å². The molecule has 1 aliphatic rings. The van der Waals surface area contributed by atoms with Crippen LogP contribution in [0.1, 0.15) is 25.1 Å². The number of benzene rings is 1. The lowest BCUT2D eigenvalue weighted by Gasteiger charge is -2.36.